The molecule has 0 aliphatic heterocycles. The first-order valence-corrected chi connectivity index (χ1v) is 7.51. The van der Waals surface area contributed by atoms with Crippen molar-refractivity contribution in [3.8, 4) is 11.3 Å². The van der Waals surface area contributed by atoms with Gasteiger partial charge in [0.15, 0.2) is 0 Å². The van der Waals surface area contributed by atoms with Crippen LogP contribution in [0.15, 0.2) is 12.1 Å². The Morgan fingerprint density at radius 2 is 1.50 bits per heavy atom. The van der Waals surface area contributed by atoms with Crippen LogP contribution < -0.4 is 0 Å². The Balaban J connectivity index is 2.72. The highest BCUT2D eigenvalue weighted by atomic mass is 35.5. The van der Waals surface area contributed by atoms with Crippen molar-refractivity contribution in [2.24, 2.45) is 0 Å². The molecule has 1 heterocycles. The fourth-order valence-corrected chi connectivity index (χ4v) is 3.12. The van der Waals surface area contributed by atoms with Crippen molar-refractivity contribution in [2.75, 3.05) is 0 Å². The van der Waals surface area contributed by atoms with Crippen molar-refractivity contribution in [2.45, 2.75) is 6.42 Å². The summed E-state index contributed by atoms with van der Waals surface area (Å²) in [4.78, 5) is 14.4. The summed E-state index contributed by atoms with van der Waals surface area (Å²) in [5, 5.41) is 8.54. The average Bonchev–Trinajstić information content (AvgIpc) is 2.42. The van der Waals surface area contributed by atoms with Gasteiger partial charge in [0.25, 0.3) is 0 Å². The molecule has 0 saturated carbocycles. The van der Waals surface area contributed by atoms with Gasteiger partial charge in [0.2, 0.25) is 5.95 Å². The van der Waals surface area contributed by atoms with Gasteiger partial charge in [-0.1, -0.05) is 58.0 Å². The van der Waals surface area contributed by atoms with Gasteiger partial charge in [-0.15, -0.1) is 0 Å². The lowest BCUT2D eigenvalue weighted by Crippen LogP contribution is -2.02. The highest BCUT2D eigenvalue weighted by Crippen LogP contribution is 2.47. The van der Waals surface area contributed by atoms with Crippen molar-refractivity contribution in [3.63, 3.8) is 0 Å². The number of hydrogen-bond donors (Lipinski definition) is 1. The zero-order valence-electron chi connectivity index (χ0n) is 10.4. The topological polar surface area (TPSA) is 50.2 Å². The molecule has 0 aliphatic carbocycles. The summed E-state index contributed by atoms with van der Waals surface area (Å²) in [6, 6.07) is 2.34. The number of nitrogens with zero attached hydrogens (tertiary/aromatic N) is 1. The van der Waals surface area contributed by atoms with Crippen LogP contribution in [0.3, 0.4) is 0 Å². The van der Waals surface area contributed by atoms with Gasteiger partial charge >= 0.3 is 5.97 Å². The first-order valence-electron chi connectivity index (χ1n) is 5.62. The van der Waals surface area contributed by atoms with Crippen LogP contribution in [-0.2, 0) is 11.2 Å². The van der Waals surface area contributed by atoms with Crippen LogP contribution in [-0.4, -0.2) is 16.1 Å². The van der Waals surface area contributed by atoms with E-state index in [2.05, 4.69) is 4.98 Å². The van der Waals surface area contributed by atoms with Gasteiger partial charge in [0, 0.05) is 5.56 Å². The third-order valence-corrected chi connectivity index (χ3v) is 4.95. The molecule has 0 bridgehead atoms. The minimum absolute atomic E-state index is 0.00622. The van der Waals surface area contributed by atoms with Crippen LogP contribution in [0.25, 0.3) is 11.3 Å². The lowest BCUT2D eigenvalue weighted by molar-refractivity contribution is -0.136. The molecule has 2 rings (SSSR count). The van der Waals surface area contributed by atoms with Crippen LogP contribution in [0.5, 0.6) is 0 Å². The molecule has 0 amide bonds. The Hall–Kier alpha value is -0.780. The molecular weight excluding hydrogens is 398 g/mol. The SMILES string of the molecule is O=C(O)Cc1cc(F)nc(-c2c(Cl)c(Cl)c(Cl)c(Cl)c2Cl)c1. The van der Waals surface area contributed by atoms with Gasteiger partial charge in [-0.2, -0.15) is 4.39 Å². The van der Waals surface area contributed by atoms with E-state index in [0.29, 0.717) is 0 Å². The lowest BCUT2D eigenvalue weighted by Gasteiger charge is -2.12. The van der Waals surface area contributed by atoms with Crippen molar-refractivity contribution in [3.05, 3.63) is 48.8 Å². The van der Waals surface area contributed by atoms with Crippen LogP contribution >= 0.6 is 58.0 Å². The molecule has 1 N–H and O–H groups in total. The van der Waals surface area contributed by atoms with E-state index in [4.69, 9.17) is 63.1 Å². The number of carboxylic acids is 1. The van der Waals surface area contributed by atoms with Crippen molar-refractivity contribution < 1.29 is 14.3 Å². The number of aromatic nitrogens is 1. The minimum atomic E-state index is -1.12. The van der Waals surface area contributed by atoms with Gasteiger partial charge in [-0.05, 0) is 17.7 Å². The second kappa shape index (κ2) is 6.77. The molecule has 0 unspecified atom stereocenters. The highest BCUT2D eigenvalue weighted by Gasteiger charge is 2.22. The van der Waals surface area contributed by atoms with E-state index >= 15 is 0 Å². The summed E-state index contributed by atoms with van der Waals surface area (Å²) in [5.74, 6) is -2.01. The zero-order valence-corrected chi connectivity index (χ0v) is 14.2. The molecule has 3 nitrogen and oxygen atoms in total. The number of halogens is 6. The summed E-state index contributed by atoms with van der Waals surface area (Å²) in [6.07, 6.45) is -0.392. The molecule has 116 valence electrons. The predicted molar refractivity (Wildman–Crippen MR) is 86.0 cm³/mol. The van der Waals surface area contributed by atoms with Crippen molar-refractivity contribution >= 4 is 64.0 Å². The first-order chi connectivity index (χ1) is 10.2. The first kappa shape index (κ1) is 17.6. The Labute approximate surface area is 149 Å². The molecule has 9 heteroatoms. The third-order valence-electron chi connectivity index (χ3n) is 2.68. The standard InChI is InChI=1S/C13H5Cl5FNO2/c14-9-8(10(15)12(17)13(18)11(9)16)5-1-4(3-7(21)22)2-6(19)20-5/h1-2H,3H2,(H,21,22). The summed E-state index contributed by atoms with van der Waals surface area (Å²) >= 11 is 29.9. The number of carbonyl (C=O) groups is 1. The molecule has 0 radical (unpaired) electrons. The van der Waals surface area contributed by atoms with E-state index in [-0.39, 0.29) is 41.9 Å². The molecule has 0 fully saturated rings. The maximum atomic E-state index is 13.6. The van der Waals surface area contributed by atoms with Crippen LogP contribution in [0.4, 0.5) is 4.39 Å². The van der Waals surface area contributed by atoms with Gasteiger partial charge in [-0.25, -0.2) is 4.98 Å². The van der Waals surface area contributed by atoms with Crippen molar-refractivity contribution in [1.82, 2.24) is 4.98 Å². The summed E-state index contributed by atoms with van der Waals surface area (Å²) in [7, 11) is 0. The van der Waals surface area contributed by atoms with E-state index in [1.54, 1.807) is 0 Å². The van der Waals surface area contributed by atoms with E-state index in [0.717, 1.165) is 6.07 Å². The predicted octanol–water partition coefficient (Wildman–Crippen LogP) is 5.78. The lowest BCUT2D eigenvalue weighted by atomic mass is 10.1. The Bertz CT molecular complexity index is 753. The second-order valence-corrected chi connectivity index (χ2v) is 6.09. The summed E-state index contributed by atoms with van der Waals surface area (Å²) < 4.78 is 13.6. The molecule has 0 saturated heterocycles. The molecule has 22 heavy (non-hydrogen) atoms. The monoisotopic (exact) mass is 401 g/mol. The van der Waals surface area contributed by atoms with Gasteiger partial charge in [0.1, 0.15) is 0 Å². The largest absolute Gasteiger partial charge is 0.481 e. The van der Waals surface area contributed by atoms with E-state index in [1.165, 1.54) is 6.07 Å². The van der Waals surface area contributed by atoms with E-state index in [1.807, 2.05) is 0 Å². The average molecular weight is 403 g/mol. The molecule has 0 aliphatic rings. The molecule has 0 atom stereocenters. The maximum absolute atomic E-state index is 13.6. The quantitative estimate of drug-likeness (QED) is 0.401. The molecule has 2 aromatic rings. The number of rotatable bonds is 3. The second-order valence-electron chi connectivity index (χ2n) is 4.20. The van der Waals surface area contributed by atoms with E-state index in [9.17, 15) is 9.18 Å². The normalized spacial score (nSPS) is 10.8. The Morgan fingerprint density at radius 3 is 2.00 bits per heavy atom. The molecular formula is C13H5Cl5FNO2. The van der Waals surface area contributed by atoms with Crippen molar-refractivity contribution in [1.29, 1.82) is 0 Å². The van der Waals surface area contributed by atoms with Crippen LogP contribution in [0.2, 0.25) is 25.1 Å². The van der Waals surface area contributed by atoms with Gasteiger partial charge in [0.05, 0.1) is 37.2 Å². The summed E-state index contributed by atoms with van der Waals surface area (Å²) in [6.45, 7) is 0. The number of carboxylic acid groups (broad SMARTS) is 1. The zero-order chi connectivity index (χ0) is 16.6. The number of hydrogen-bond acceptors (Lipinski definition) is 2. The maximum Gasteiger partial charge on any atom is 0.307 e. The Morgan fingerprint density at radius 1 is 1.00 bits per heavy atom. The number of pyridine rings is 1. The Kier molecular flexibility index (Phi) is 5.41. The van der Waals surface area contributed by atoms with Crippen LogP contribution in [0.1, 0.15) is 5.56 Å². The molecule has 1 aromatic heterocycles. The smallest absolute Gasteiger partial charge is 0.307 e. The minimum Gasteiger partial charge on any atom is -0.481 e. The fraction of sp³-hybridized carbons (Fsp3) is 0.0769. The molecule has 1 aromatic carbocycles. The number of benzene rings is 1. The van der Waals surface area contributed by atoms with E-state index < -0.39 is 18.3 Å². The molecule has 0 spiro atoms. The van der Waals surface area contributed by atoms with Gasteiger partial charge in [-0.3, -0.25) is 4.79 Å². The van der Waals surface area contributed by atoms with Crippen LogP contribution in [0, 0.1) is 5.95 Å². The summed E-state index contributed by atoms with van der Waals surface area (Å²) in [5.41, 5.74) is 0.268. The third kappa shape index (κ3) is 3.42. The van der Waals surface area contributed by atoms with Gasteiger partial charge < -0.3 is 5.11 Å². The highest BCUT2D eigenvalue weighted by molar-refractivity contribution is 6.56. The fourth-order valence-electron chi connectivity index (χ4n) is 1.78. The number of aliphatic carboxylic acids is 1.